The van der Waals surface area contributed by atoms with Crippen molar-refractivity contribution in [1.82, 2.24) is 4.57 Å². The van der Waals surface area contributed by atoms with Gasteiger partial charge in [-0.1, -0.05) is 54.1 Å². The second kappa shape index (κ2) is 6.64. The molecule has 0 N–H and O–H groups in total. The third kappa shape index (κ3) is 2.95. The lowest BCUT2D eigenvalue weighted by molar-refractivity contribution is 0.964. The number of hydrogen-bond donors (Lipinski definition) is 0. The van der Waals surface area contributed by atoms with E-state index in [9.17, 15) is 0 Å². The summed E-state index contributed by atoms with van der Waals surface area (Å²) in [6.45, 7) is 6.40. The Morgan fingerprint density at radius 2 is 1.54 bits per heavy atom. The summed E-state index contributed by atoms with van der Waals surface area (Å²) in [6, 6.07) is 25.5. The van der Waals surface area contributed by atoms with Crippen LogP contribution in [0.25, 0.3) is 16.5 Å². The molecule has 1 heterocycles. The number of aryl methyl sites for hydroxylation is 2. The molecule has 0 unspecified atom stereocenters. The van der Waals surface area contributed by atoms with Gasteiger partial charge in [0, 0.05) is 34.2 Å². The minimum Gasteiger partial charge on any atom is -0.318 e. The highest BCUT2D eigenvalue weighted by Crippen LogP contribution is 2.26. The number of aromatic nitrogens is 1. The molecule has 0 aliphatic carbocycles. The van der Waals surface area contributed by atoms with Gasteiger partial charge in [0.1, 0.15) is 0 Å². The van der Waals surface area contributed by atoms with Crippen LogP contribution >= 0.6 is 0 Å². The molecule has 0 aliphatic heterocycles. The molecule has 0 radical (unpaired) electrons. The molecule has 0 saturated heterocycles. The Hall–Kier alpha value is -3.13. The van der Waals surface area contributed by atoms with Gasteiger partial charge in [-0.05, 0) is 50.4 Å². The molecule has 1 aromatic heterocycles. The van der Waals surface area contributed by atoms with Crippen LogP contribution in [0.2, 0.25) is 0 Å². The molecule has 0 fully saturated rings. The van der Waals surface area contributed by atoms with Crippen molar-refractivity contribution in [2.75, 3.05) is 0 Å². The smallest absolute Gasteiger partial charge is 0.0708 e. The molecular weight excluding hydrogens is 316 g/mol. The van der Waals surface area contributed by atoms with Crippen molar-refractivity contribution in [3.8, 4) is 5.69 Å². The van der Waals surface area contributed by atoms with Crippen LogP contribution in [-0.4, -0.2) is 10.8 Å². The number of fused-ring (bicyclic) bond motifs is 1. The number of nitrogens with zero attached hydrogens (tertiary/aromatic N) is 2. The molecule has 26 heavy (non-hydrogen) atoms. The van der Waals surface area contributed by atoms with E-state index in [1.54, 1.807) is 0 Å². The molecule has 0 amide bonds. The second-order valence-electron chi connectivity index (χ2n) is 6.75. The first-order valence-electron chi connectivity index (χ1n) is 8.91. The van der Waals surface area contributed by atoms with Crippen molar-refractivity contribution >= 4 is 22.7 Å². The lowest BCUT2D eigenvalue weighted by atomic mass is 10.1. The maximum atomic E-state index is 4.79. The van der Waals surface area contributed by atoms with Crippen LogP contribution < -0.4 is 0 Å². The fourth-order valence-electron chi connectivity index (χ4n) is 3.47. The first-order valence-corrected chi connectivity index (χ1v) is 8.91. The van der Waals surface area contributed by atoms with Crippen molar-refractivity contribution in [2.24, 2.45) is 4.99 Å². The highest BCUT2D eigenvalue weighted by atomic mass is 15.0. The number of hydrogen-bond acceptors (Lipinski definition) is 1. The fraction of sp³-hybridized carbons (Fsp3) is 0.125. The van der Waals surface area contributed by atoms with Gasteiger partial charge in [0.05, 0.1) is 5.69 Å². The highest BCUT2D eigenvalue weighted by Gasteiger charge is 2.09. The van der Waals surface area contributed by atoms with E-state index in [1.807, 2.05) is 6.21 Å². The fourth-order valence-corrected chi connectivity index (χ4v) is 3.47. The maximum absolute atomic E-state index is 4.79. The molecule has 3 aromatic carbocycles. The monoisotopic (exact) mass is 338 g/mol. The van der Waals surface area contributed by atoms with Crippen molar-refractivity contribution in [3.05, 3.63) is 95.3 Å². The number of rotatable bonds is 3. The molecule has 0 atom stereocenters. The Kier molecular flexibility index (Phi) is 4.18. The summed E-state index contributed by atoms with van der Waals surface area (Å²) in [4.78, 5) is 4.79. The lowest BCUT2D eigenvalue weighted by Crippen LogP contribution is -1.99. The van der Waals surface area contributed by atoms with Crippen LogP contribution in [0.5, 0.6) is 0 Å². The minimum absolute atomic E-state index is 1.00. The summed E-state index contributed by atoms with van der Waals surface area (Å²) >= 11 is 0. The van der Waals surface area contributed by atoms with Crippen LogP contribution in [0.1, 0.15) is 22.5 Å². The largest absolute Gasteiger partial charge is 0.318 e. The molecule has 0 bridgehead atoms. The average Bonchev–Trinajstić information content (AvgIpc) is 2.94. The normalized spacial score (nSPS) is 11.5. The lowest BCUT2D eigenvalue weighted by Gasteiger charge is -2.09. The quantitative estimate of drug-likeness (QED) is 0.390. The van der Waals surface area contributed by atoms with Crippen molar-refractivity contribution in [2.45, 2.75) is 20.8 Å². The van der Waals surface area contributed by atoms with Crippen LogP contribution in [0.15, 0.2) is 77.8 Å². The van der Waals surface area contributed by atoms with E-state index in [2.05, 4.69) is 98.1 Å². The van der Waals surface area contributed by atoms with E-state index >= 15 is 0 Å². The summed E-state index contributed by atoms with van der Waals surface area (Å²) in [7, 11) is 0. The van der Waals surface area contributed by atoms with E-state index in [0.29, 0.717) is 0 Å². The van der Waals surface area contributed by atoms with E-state index in [-0.39, 0.29) is 0 Å². The number of benzene rings is 3. The zero-order chi connectivity index (χ0) is 18.1. The van der Waals surface area contributed by atoms with E-state index in [0.717, 1.165) is 11.3 Å². The number of aliphatic imine (C=N–C) groups is 1. The third-order valence-corrected chi connectivity index (χ3v) is 4.87. The summed E-state index contributed by atoms with van der Waals surface area (Å²) in [5.41, 5.74) is 7.03. The summed E-state index contributed by atoms with van der Waals surface area (Å²) < 4.78 is 2.28. The van der Waals surface area contributed by atoms with Crippen molar-refractivity contribution in [3.63, 3.8) is 0 Å². The van der Waals surface area contributed by atoms with Gasteiger partial charge in [0.25, 0.3) is 0 Å². The Morgan fingerprint density at radius 3 is 2.35 bits per heavy atom. The van der Waals surface area contributed by atoms with Crippen LogP contribution in [0, 0.1) is 20.8 Å². The van der Waals surface area contributed by atoms with Gasteiger partial charge >= 0.3 is 0 Å². The second-order valence-corrected chi connectivity index (χ2v) is 6.75. The molecule has 0 saturated carbocycles. The first kappa shape index (κ1) is 16.3. The summed E-state index contributed by atoms with van der Waals surface area (Å²) in [6.07, 6.45) is 1.98. The highest BCUT2D eigenvalue weighted by molar-refractivity contribution is 5.95. The van der Waals surface area contributed by atoms with Gasteiger partial charge in [-0.2, -0.15) is 0 Å². The molecule has 4 rings (SSSR count). The third-order valence-electron chi connectivity index (χ3n) is 4.87. The molecule has 2 heteroatoms. The van der Waals surface area contributed by atoms with Gasteiger partial charge in [0.2, 0.25) is 0 Å². The standard InChI is InChI=1S/C24H22N2/c1-17-11-13-22(14-12-17)26-18(2)15-21(19(26)3)16-25-24-10-6-8-20-7-4-5-9-23(20)24/h4-16H,1-3H3. The molecular formula is C24H22N2. The zero-order valence-electron chi connectivity index (χ0n) is 15.4. The van der Waals surface area contributed by atoms with Crippen LogP contribution in [0.4, 0.5) is 5.69 Å². The van der Waals surface area contributed by atoms with Crippen molar-refractivity contribution < 1.29 is 0 Å². The van der Waals surface area contributed by atoms with Crippen molar-refractivity contribution in [1.29, 1.82) is 0 Å². The molecule has 0 spiro atoms. The molecule has 2 nitrogen and oxygen atoms in total. The van der Waals surface area contributed by atoms with Crippen LogP contribution in [-0.2, 0) is 0 Å². The Morgan fingerprint density at radius 1 is 0.808 bits per heavy atom. The maximum Gasteiger partial charge on any atom is 0.0708 e. The van der Waals surface area contributed by atoms with E-state index in [1.165, 1.54) is 33.4 Å². The average molecular weight is 338 g/mol. The summed E-state index contributed by atoms with van der Waals surface area (Å²) in [5.74, 6) is 0. The first-order chi connectivity index (χ1) is 12.6. The molecule has 4 aromatic rings. The van der Waals surface area contributed by atoms with Gasteiger partial charge in [-0.15, -0.1) is 0 Å². The summed E-state index contributed by atoms with van der Waals surface area (Å²) in [5, 5.41) is 2.39. The van der Waals surface area contributed by atoms with Gasteiger partial charge in [-0.25, -0.2) is 0 Å². The van der Waals surface area contributed by atoms with Gasteiger partial charge in [-0.3, -0.25) is 4.99 Å². The topological polar surface area (TPSA) is 17.3 Å². The minimum atomic E-state index is 1.00. The van der Waals surface area contributed by atoms with E-state index in [4.69, 9.17) is 4.99 Å². The Labute approximate surface area is 154 Å². The molecule has 128 valence electrons. The Balaban J connectivity index is 1.74. The van der Waals surface area contributed by atoms with Crippen LogP contribution in [0.3, 0.4) is 0 Å². The SMILES string of the molecule is Cc1ccc(-n2c(C)cc(C=Nc3cccc4ccccc34)c2C)cc1. The van der Waals surface area contributed by atoms with Gasteiger partial charge in [0.15, 0.2) is 0 Å². The van der Waals surface area contributed by atoms with E-state index < -0.39 is 0 Å². The predicted molar refractivity (Wildman–Crippen MR) is 111 cm³/mol. The molecule has 0 aliphatic rings. The van der Waals surface area contributed by atoms with Gasteiger partial charge < -0.3 is 4.57 Å². The predicted octanol–water partition coefficient (Wildman–Crippen LogP) is 6.31. The Bertz CT molecular complexity index is 1090. The zero-order valence-corrected chi connectivity index (χ0v) is 15.4.